The molecule has 4 nitrogen and oxygen atoms in total. The van der Waals surface area contributed by atoms with Gasteiger partial charge in [0.25, 0.3) is 0 Å². The van der Waals surface area contributed by atoms with E-state index in [1.165, 1.54) is 11.1 Å². The molecule has 0 radical (unpaired) electrons. The summed E-state index contributed by atoms with van der Waals surface area (Å²) in [5.74, 6) is 0. The van der Waals surface area contributed by atoms with E-state index in [0.717, 1.165) is 43.4 Å². The van der Waals surface area contributed by atoms with Crippen molar-refractivity contribution in [2.45, 2.75) is 31.3 Å². The molecule has 0 atom stereocenters. The highest BCUT2D eigenvalue weighted by Gasteiger charge is 2.48. The minimum Gasteiger partial charge on any atom is -0.438 e. The predicted octanol–water partition coefficient (Wildman–Crippen LogP) is 4.02. The molecule has 0 saturated heterocycles. The van der Waals surface area contributed by atoms with Crippen molar-refractivity contribution in [3.8, 4) is 11.1 Å². The van der Waals surface area contributed by atoms with Crippen molar-refractivity contribution in [3.05, 3.63) is 59.7 Å². The minimum atomic E-state index is -0.708. The molecule has 1 fully saturated rings. The second kappa shape index (κ2) is 7.05. The van der Waals surface area contributed by atoms with E-state index in [-0.39, 0.29) is 0 Å². The topological polar surface area (TPSA) is 61.6 Å². The zero-order valence-corrected chi connectivity index (χ0v) is 14.0. The van der Waals surface area contributed by atoms with E-state index in [1.807, 2.05) is 12.1 Å². The molecular formula is C20H23NO3. The Labute approximate surface area is 142 Å². The summed E-state index contributed by atoms with van der Waals surface area (Å²) in [7, 11) is 1.73. The average molecular weight is 325 g/mol. The number of carbonyl (C=O) groups is 1. The van der Waals surface area contributed by atoms with Crippen molar-refractivity contribution in [1.29, 1.82) is 0 Å². The summed E-state index contributed by atoms with van der Waals surface area (Å²) in [4.78, 5) is 11.0. The molecule has 3 rings (SSSR count). The lowest BCUT2D eigenvalue weighted by Crippen LogP contribution is -2.22. The van der Waals surface area contributed by atoms with Crippen LogP contribution in [0.4, 0.5) is 4.79 Å². The van der Waals surface area contributed by atoms with Crippen molar-refractivity contribution in [2.75, 3.05) is 13.7 Å². The summed E-state index contributed by atoms with van der Waals surface area (Å²) >= 11 is 0. The van der Waals surface area contributed by atoms with Gasteiger partial charge in [0.1, 0.15) is 5.60 Å². The molecular weight excluding hydrogens is 302 g/mol. The van der Waals surface area contributed by atoms with Gasteiger partial charge >= 0.3 is 6.09 Å². The Morgan fingerprint density at radius 2 is 1.62 bits per heavy atom. The van der Waals surface area contributed by atoms with Gasteiger partial charge in [-0.2, -0.15) is 0 Å². The third-order valence-electron chi connectivity index (χ3n) is 4.51. The number of nitrogens with two attached hydrogens (primary N) is 1. The van der Waals surface area contributed by atoms with Crippen molar-refractivity contribution in [3.63, 3.8) is 0 Å². The molecule has 0 aliphatic heterocycles. The van der Waals surface area contributed by atoms with Crippen molar-refractivity contribution < 1.29 is 14.3 Å². The molecule has 1 aliphatic carbocycles. The molecule has 4 heteroatoms. The smallest absolute Gasteiger partial charge is 0.405 e. The van der Waals surface area contributed by atoms with E-state index in [2.05, 4.69) is 36.4 Å². The van der Waals surface area contributed by atoms with E-state index < -0.39 is 11.7 Å². The number of hydrogen-bond donors (Lipinski definition) is 1. The highest BCUT2D eigenvalue weighted by atomic mass is 16.6. The summed E-state index contributed by atoms with van der Waals surface area (Å²) in [6, 6.07) is 16.8. The monoisotopic (exact) mass is 325 g/mol. The molecule has 0 heterocycles. The van der Waals surface area contributed by atoms with E-state index in [0.29, 0.717) is 0 Å². The van der Waals surface area contributed by atoms with Crippen molar-refractivity contribution in [2.24, 2.45) is 5.73 Å². The molecule has 2 aromatic rings. The fourth-order valence-electron chi connectivity index (χ4n) is 3.01. The van der Waals surface area contributed by atoms with Crippen LogP contribution in [-0.2, 0) is 21.5 Å². The number of primary amides is 1. The quantitative estimate of drug-likeness (QED) is 0.782. The number of hydrogen-bond acceptors (Lipinski definition) is 3. The highest BCUT2D eigenvalue weighted by Crippen LogP contribution is 2.49. The highest BCUT2D eigenvalue weighted by molar-refractivity contribution is 5.67. The third-order valence-corrected chi connectivity index (χ3v) is 4.51. The predicted molar refractivity (Wildman–Crippen MR) is 93.7 cm³/mol. The standard InChI is InChI=1S/C20H23NO3/c1-23-14-2-3-15-4-6-16(7-5-15)17-8-10-18(11-9-17)20(12-13-20)24-19(21)22/h4-11H,2-3,12-14H2,1H3,(H2,21,22). The Balaban J connectivity index is 1.68. The number of amides is 1. The first-order valence-electron chi connectivity index (χ1n) is 8.30. The first-order chi connectivity index (χ1) is 11.6. The van der Waals surface area contributed by atoms with E-state index >= 15 is 0 Å². The van der Waals surface area contributed by atoms with Crippen LogP contribution >= 0.6 is 0 Å². The zero-order valence-electron chi connectivity index (χ0n) is 14.0. The third kappa shape index (κ3) is 3.77. The normalized spacial score (nSPS) is 15.0. The molecule has 0 unspecified atom stereocenters. The van der Waals surface area contributed by atoms with Gasteiger partial charge in [0.15, 0.2) is 0 Å². The van der Waals surface area contributed by atoms with Crippen LogP contribution in [0.5, 0.6) is 0 Å². The maximum Gasteiger partial charge on any atom is 0.405 e. The van der Waals surface area contributed by atoms with Gasteiger partial charge in [-0.1, -0.05) is 48.5 Å². The second-order valence-electron chi connectivity index (χ2n) is 6.29. The Bertz CT molecular complexity index is 688. The van der Waals surface area contributed by atoms with E-state index in [4.69, 9.17) is 15.2 Å². The van der Waals surface area contributed by atoms with Crippen molar-refractivity contribution in [1.82, 2.24) is 0 Å². The number of methoxy groups -OCH3 is 1. The van der Waals surface area contributed by atoms with Gasteiger partial charge in [0, 0.05) is 13.7 Å². The second-order valence-corrected chi connectivity index (χ2v) is 6.29. The van der Waals surface area contributed by atoms with E-state index in [1.54, 1.807) is 7.11 Å². The Kier molecular flexibility index (Phi) is 4.86. The Morgan fingerprint density at radius 1 is 1.04 bits per heavy atom. The van der Waals surface area contributed by atoms with Gasteiger partial charge in [0.05, 0.1) is 0 Å². The van der Waals surface area contributed by atoms with Crippen molar-refractivity contribution >= 4 is 6.09 Å². The average Bonchev–Trinajstić information content (AvgIpc) is 3.36. The maximum atomic E-state index is 11.0. The zero-order chi connectivity index (χ0) is 17.0. The van der Waals surface area contributed by atoms with Crippen LogP contribution in [0.15, 0.2) is 48.5 Å². The molecule has 1 aliphatic rings. The molecule has 24 heavy (non-hydrogen) atoms. The van der Waals surface area contributed by atoms with Crippen LogP contribution in [0.1, 0.15) is 30.4 Å². The summed E-state index contributed by atoms with van der Waals surface area (Å²) < 4.78 is 10.4. The minimum absolute atomic E-state index is 0.491. The summed E-state index contributed by atoms with van der Waals surface area (Å²) in [5, 5.41) is 0. The van der Waals surface area contributed by atoms with Crippen LogP contribution in [-0.4, -0.2) is 19.8 Å². The van der Waals surface area contributed by atoms with Gasteiger partial charge < -0.3 is 15.2 Å². The van der Waals surface area contributed by atoms with Gasteiger partial charge in [0.2, 0.25) is 0 Å². The molecule has 1 saturated carbocycles. The summed E-state index contributed by atoms with van der Waals surface area (Å²) in [6.07, 6.45) is 3.03. The Hall–Kier alpha value is -2.33. The van der Waals surface area contributed by atoms with Gasteiger partial charge in [-0.05, 0) is 47.9 Å². The molecule has 126 valence electrons. The van der Waals surface area contributed by atoms with E-state index in [9.17, 15) is 4.79 Å². The first kappa shape index (κ1) is 16.5. The van der Waals surface area contributed by atoms with Crippen LogP contribution in [0.2, 0.25) is 0 Å². The fraction of sp³-hybridized carbons (Fsp3) is 0.350. The molecule has 0 bridgehead atoms. The summed E-state index contributed by atoms with van der Waals surface area (Å²) in [5.41, 5.74) is 9.34. The Morgan fingerprint density at radius 3 is 2.12 bits per heavy atom. The van der Waals surface area contributed by atoms with Crippen LogP contribution < -0.4 is 5.73 Å². The van der Waals surface area contributed by atoms with Crippen LogP contribution in [0.25, 0.3) is 11.1 Å². The van der Waals surface area contributed by atoms with Gasteiger partial charge in [-0.3, -0.25) is 0 Å². The van der Waals surface area contributed by atoms with Crippen LogP contribution in [0, 0.1) is 0 Å². The maximum absolute atomic E-state index is 11.0. The number of benzene rings is 2. The first-order valence-corrected chi connectivity index (χ1v) is 8.30. The molecule has 0 aromatic heterocycles. The van der Waals surface area contributed by atoms with Gasteiger partial charge in [-0.25, -0.2) is 4.79 Å². The molecule has 1 amide bonds. The summed E-state index contributed by atoms with van der Waals surface area (Å²) in [6.45, 7) is 0.790. The lowest BCUT2D eigenvalue weighted by atomic mass is 9.99. The number of carbonyl (C=O) groups excluding carboxylic acids is 1. The lowest BCUT2D eigenvalue weighted by Gasteiger charge is -2.16. The largest absolute Gasteiger partial charge is 0.438 e. The van der Waals surface area contributed by atoms with Gasteiger partial charge in [-0.15, -0.1) is 0 Å². The number of aryl methyl sites for hydroxylation is 1. The fourth-order valence-corrected chi connectivity index (χ4v) is 3.01. The lowest BCUT2D eigenvalue weighted by molar-refractivity contribution is 0.0900. The van der Waals surface area contributed by atoms with Crippen LogP contribution in [0.3, 0.4) is 0 Å². The molecule has 2 N–H and O–H groups in total. The SMILES string of the molecule is COCCCc1ccc(-c2ccc(C3(OC(N)=O)CC3)cc2)cc1. The molecule has 2 aromatic carbocycles. The molecule has 0 spiro atoms. The number of ether oxygens (including phenoxy) is 2. The number of rotatable bonds is 7.